The third-order valence-corrected chi connectivity index (χ3v) is 3.27. The van der Waals surface area contributed by atoms with E-state index in [4.69, 9.17) is 10.8 Å². The van der Waals surface area contributed by atoms with Crippen molar-refractivity contribution >= 4 is 17.6 Å². The minimum absolute atomic E-state index is 0.0349. The number of aromatic carboxylic acids is 1. The predicted molar refractivity (Wildman–Crippen MR) is 72.0 cm³/mol. The van der Waals surface area contributed by atoms with Crippen LogP contribution in [-0.2, 0) is 4.79 Å². The number of rotatable bonds is 3. The van der Waals surface area contributed by atoms with Crippen LogP contribution in [0.4, 0.5) is 5.69 Å². The number of carboxylic acids is 1. The van der Waals surface area contributed by atoms with E-state index < -0.39 is 5.97 Å². The Labute approximate surface area is 111 Å². The van der Waals surface area contributed by atoms with Gasteiger partial charge in [-0.3, -0.25) is 4.79 Å². The van der Waals surface area contributed by atoms with Crippen LogP contribution in [0.5, 0.6) is 0 Å². The molecule has 1 aliphatic carbocycles. The number of hydrogen-bond donors (Lipinski definition) is 2. The maximum Gasteiger partial charge on any atom is 0.335 e. The van der Waals surface area contributed by atoms with Crippen molar-refractivity contribution in [2.75, 3.05) is 11.9 Å². The molecule has 2 unspecified atom stereocenters. The molecule has 1 aromatic carbocycles. The first-order valence-electron chi connectivity index (χ1n) is 6.04. The van der Waals surface area contributed by atoms with E-state index in [0.717, 1.165) is 0 Å². The van der Waals surface area contributed by atoms with Gasteiger partial charge in [0.15, 0.2) is 0 Å². The molecular weight excluding hydrogens is 244 g/mol. The molecule has 100 valence electrons. The Morgan fingerprint density at radius 1 is 1.26 bits per heavy atom. The molecule has 2 atom stereocenters. The van der Waals surface area contributed by atoms with Crippen LogP contribution >= 0.6 is 0 Å². The summed E-state index contributed by atoms with van der Waals surface area (Å²) >= 11 is 0. The molecule has 0 saturated heterocycles. The molecule has 3 N–H and O–H groups in total. The lowest BCUT2D eigenvalue weighted by atomic mass is 10.1. The fourth-order valence-electron chi connectivity index (χ4n) is 2.11. The lowest BCUT2D eigenvalue weighted by Crippen LogP contribution is -2.32. The fourth-order valence-corrected chi connectivity index (χ4v) is 2.11. The number of nitrogens with zero attached hydrogens (tertiary/aromatic N) is 1. The molecule has 0 spiro atoms. The Morgan fingerprint density at radius 3 is 2.37 bits per heavy atom. The lowest BCUT2D eigenvalue weighted by Gasteiger charge is -2.21. The molecule has 19 heavy (non-hydrogen) atoms. The van der Waals surface area contributed by atoms with Gasteiger partial charge in [0.2, 0.25) is 5.91 Å². The van der Waals surface area contributed by atoms with Gasteiger partial charge in [0, 0.05) is 18.8 Å². The van der Waals surface area contributed by atoms with Gasteiger partial charge in [0.25, 0.3) is 0 Å². The topological polar surface area (TPSA) is 83.6 Å². The summed E-state index contributed by atoms with van der Waals surface area (Å²) in [6.07, 6.45) is 4.29. The van der Waals surface area contributed by atoms with E-state index >= 15 is 0 Å². The zero-order valence-electron chi connectivity index (χ0n) is 10.6. The van der Waals surface area contributed by atoms with Crippen LogP contribution in [0.15, 0.2) is 36.4 Å². The SMILES string of the molecule is CN(C(=O)C1C=CC(N)C1)c1ccc(C(=O)O)cc1. The van der Waals surface area contributed by atoms with Crippen LogP contribution in [0, 0.1) is 5.92 Å². The summed E-state index contributed by atoms with van der Waals surface area (Å²) in [5.41, 5.74) is 6.60. The number of carbonyl (C=O) groups is 2. The molecule has 0 aliphatic heterocycles. The Hall–Kier alpha value is -2.14. The molecule has 2 rings (SSSR count). The zero-order chi connectivity index (χ0) is 14.0. The smallest absolute Gasteiger partial charge is 0.335 e. The Bertz CT molecular complexity index is 522. The first-order valence-corrected chi connectivity index (χ1v) is 6.04. The molecule has 5 nitrogen and oxygen atoms in total. The number of carboxylic acid groups (broad SMARTS) is 1. The van der Waals surface area contributed by atoms with Crippen LogP contribution in [0.3, 0.4) is 0 Å². The highest BCUT2D eigenvalue weighted by Gasteiger charge is 2.26. The Kier molecular flexibility index (Phi) is 3.66. The minimum Gasteiger partial charge on any atom is -0.478 e. The highest BCUT2D eigenvalue weighted by atomic mass is 16.4. The monoisotopic (exact) mass is 260 g/mol. The Balaban J connectivity index is 2.11. The molecular formula is C14H16N2O3. The summed E-state index contributed by atoms with van der Waals surface area (Å²) in [5, 5.41) is 8.82. The number of amides is 1. The van der Waals surface area contributed by atoms with Crippen molar-refractivity contribution in [1.82, 2.24) is 0 Å². The number of carbonyl (C=O) groups excluding carboxylic acids is 1. The molecule has 0 saturated carbocycles. The molecule has 1 aliphatic rings. The van der Waals surface area contributed by atoms with E-state index in [-0.39, 0.29) is 23.4 Å². The van der Waals surface area contributed by atoms with Crippen LogP contribution < -0.4 is 10.6 Å². The van der Waals surface area contributed by atoms with Crippen molar-refractivity contribution in [1.29, 1.82) is 0 Å². The van der Waals surface area contributed by atoms with Gasteiger partial charge >= 0.3 is 5.97 Å². The number of hydrogen-bond acceptors (Lipinski definition) is 3. The molecule has 0 fully saturated rings. The second-order valence-corrected chi connectivity index (χ2v) is 4.64. The van der Waals surface area contributed by atoms with Crippen molar-refractivity contribution in [2.24, 2.45) is 11.7 Å². The van der Waals surface area contributed by atoms with E-state index in [1.54, 1.807) is 19.2 Å². The molecule has 0 heterocycles. The van der Waals surface area contributed by atoms with E-state index in [1.807, 2.05) is 12.2 Å². The van der Waals surface area contributed by atoms with Crippen molar-refractivity contribution in [2.45, 2.75) is 12.5 Å². The third-order valence-electron chi connectivity index (χ3n) is 3.27. The first-order chi connectivity index (χ1) is 8.99. The largest absolute Gasteiger partial charge is 0.478 e. The van der Waals surface area contributed by atoms with Gasteiger partial charge in [0.05, 0.1) is 11.5 Å². The number of nitrogens with two attached hydrogens (primary N) is 1. The summed E-state index contributed by atoms with van der Waals surface area (Å²) in [5.74, 6) is -1.21. The van der Waals surface area contributed by atoms with Crippen molar-refractivity contribution in [3.8, 4) is 0 Å². The van der Waals surface area contributed by atoms with Gasteiger partial charge < -0.3 is 15.7 Å². The highest BCUT2D eigenvalue weighted by molar-refractivity contribution is 5.96. The van der Waals surface area contributed by atoms with Crippen LogP contribution in [0.2, 0.25) is 0 Å². The number of benzene rings is 1. The standard InChI is InChI=1S/C14H16N2O3/c1-16(13(17)10-2-5-11(15)8-10)12-6-3-9(4-7-12)14(18)19/h2-7,10-11H,8,15H2,1H3,(H,18,19). The van der Waals surface area contributed by atoms with Crippen LogP contribution in [0.25, 0.3) is 0 Å². The number of anilines is 1. The van der Waals surface area contributed by atoms with Gasteiger partial charge in [-0.15, -0.1) is 0 Å². The van der Waals surface area contributed by atoms with E-state index in [9.17, 15) is 9.59 Å². The summed E-state index contributed by atoms with van der Waals surface area (Å²) in [6.45, 7) is 0. The van der Waals surface area contributed by atoms with Gasteiger partial charge in [-0.25, -0.2) is 4.79 Å². The van der Waals surface area contributed by atoms with E-state index in [2.05, 4.69) is 0 Å². The molecule has 0 radical (unpaired) electrons. The first kappa shape index (κ1) is 13.3. The fraction of sp³-hybridized carbons (Fsp3) is 0.286. The summed E-state index contributed by atoms with van der Waals surface area (Å²) in [4.78, 5) is 24.5. The summed E-state index contributed by atoms with van der Waals surface area (Å²) < 4.78 is 0. The summed E-state index contributed by atoms with van der Waals surface area (Å²) in [6, 6.07) is 6.16. The van der Waals surface area contributed by atoms with Crippen molar-refractivity contribution in [3.05, 3.63) is 42.0 Å². The van der Waals surface area contributed by atoms with Crippen LogP contribution in [0.1, 0.15) is 16.8 Å². The maximum atomic E-state index is 12.2. The van der Waals surface area contributed by atoms with Crippen LogP contribution in [-0.4, -0.2) is 30.1 Å². The third kappa shape index (κ3) is 2.82. The lowest BCUT2D eigenvalue weighted by molar-refractivity contribution is -0.120. The average Bonchev–Trinajstić information content (AvgIpc) is 2.84. The normalized spacial score (nSPS) is 21.4. The molecule has 0 bridgehead atoms. The van der Waals surface area contributed by atoms with Gasteiger partial charge in [0.1, 0.15) is 0 Å². The second-order valence-electron chi connectivity index (χ2n) is 4.64. The van der Waals surface area contributed by atoms with Crippen molar-refractivity contribution < 1.29 is 14.7 Å². The molecule has 0 aromatic heterocycles. The molecule has 1 amide bonds. The van der Waals surface area contributed by atoms with Gasteiger partial charge in [-0.05, 0) is 30.7 Å². The van der Waals surface area contributed by atoms with Crippen molar-refractivity contribution in [3.63, 3.8) is 0 Å². The summed E-state index contributed by atoms with van der Waals surface area (Å²) in [7, 11) is 1.68. The van der Waals surface area contributed by atoms with Gasteiger partial charge in [-0.2, -0.15) is 0 Å². The average molecular weight is 260 g/mol. The maximum absolute atomic E-state index is 12.2. The Morgan fingerprint density at radius 2 is 1.89 bits per heavy atom. The predicted octanol–water partition coefficient (Wildman–Crippen LogP) is 1.25. The highest BCUT2D eigenvalue weighted by Crippen LogP contribution is 2.22. The second kappa shape index (κ2) is 5.24. The minimum atomic E-state index is -0.981. The molecule has 1 aromatic rings. The zero-order valence-corrected chi connectivity index (χ0v) is 10.6. The van der Waals surface area contributed by atoms with E-state index in [1.165, 1.54) is 17.0 Å². The molecule has 5 heteroatoms. The quantitative estimate of drug-likeness (QED) is 0.801. The van der Waals surface area contributed by atoms with Gasteiger partial charge in [-0.1, -0.05) is 12.2 Å². The van der Waals surface area contributed by atoms with E-state index in [0.29, 0.717) is 12.1 Å².